The van der Waals surface area contributed by atoms with Gasteiger partial charge in [-0.15, -0.1) is 0 Å². The van der Waals surface area contributed by atoms with Crippen molar-refractivity contribution in [2.75, 3.05) is 13.2 Å². The summed E-state index contributed by atoms with van der Waals surface area (Å²) in [5.74, 6) is 0.160. The van der Waals surface area contributed by atoms with E-state index in [9.17, 15) is 4.79 Å². The molecule has 1 saturated carbocycles. The maximum atomic E-state index is 10.4. The molecular formula is C7H11NO3. The molecule has 0 bridgehead atoms. The van der Waals surface area contributed by atoms with Gasteiger partial charge in [-0.2, -0.15) is 0 Å². The first-order valence-electron chi connectivity index (χ1n) is 3.78. The normalized spacial score (nSPS) is 43.2. The molecule has 0 radical (unpaired) electrons. The van der Waals surface area contributed by atoms with Crippen molar-refractivity contribution in [1.82, 2.24) is 0 Å². The van der Waals surface area contributed by atoms with E-state index in [-0.39, 0.29) is 5.92 Å². The molecule has 2 fully saturated rings. The molecule has 0 aromatic rings. The van der Waals surface area contributed by atoms with Crippen LogP contribution in [0.2, 0.25) is 0 Å². The third-order valence-electron chi connectivity index (χ3n) is 2.72. The van der Waals surface area contributed by atoms with Gasteiger partial charge in [0.1, 0.15) is 6.04 Å². The molecule has 1 heterocycles. The van der Waals surface area contributed by atoms with Gasteiger partial charge in [0.15, 0.2) is 0 Å². The Kier molecular flexibility index (Phi) is 1.40. The summed E-state index contributed by atoms with van der Waals surface area (Å²) in [7, 11) is 0. The van der Waals surface area contributed by atoms with Gasteiger partial charge in [-0.25, -0.2) is 0 Å². The average molecular weight is 157 g/mol. The van der Waals surface area contributed by atoms with Crippen molar-refractivity contribution in [1.29, 1.82) is 0 Å². The van der Waals surface area contributed by atoms with E-state index in [1.807, 2.05) is 0 Å². The second-order valence-electron chi connectivity index (χ2n) is 3.31. The Morgan fingerprint density at radius 1 is 1.55 bits per heavy atom. The van der Waals surface area contributed by atoms with Crippen molar-refractivity contribution in [3.05, 3.63) is 0 Å². The third-order valence-corrected chi connectivity index (χ3v) is 2.72. The highest BCUT2D eigenvalue weighted by molar-refractivity contribution is 5.74. The largest absolute Gasteiger partial charge is 0.480 e. The summed E-state index contributed by atoms with van der Waals surface area (Å²) in [6.45, 7) is 1.41. The third kappa shape index (κ3) is 0.937. The second kappa shape index (κ2) is 2.19. The van der Waals surface area contributed by atoms with E-state index < -0.39 is 12.0 Å². The lowest BCUT2D eigenvalue weighted by Gasteiger charge is -2.07. The van der Waals surface area contributed by atoms with Gasteiger partial charge in [-0.3, -0.25) is 4.79 Å². The Balaban J connectivity index is 1.95. The Bertz CT molecular complexity index is 184. The van der Waals surface area contributed by atoms with E-state index in [0.29, 0.717) is 25.0 Å². The van der Waals surface area contributed by atoms with Crippen LogP contribution in [0, 0.1) is 17.8 Å². The predicted molar refractivity (Wildman–Crippen MR) is 36.9 cm³/mol. The number of ether oxygens (including phenoxy) is 1. The lowest BCUT2D eigenvalue weighted by molar-refractivity contribution is -0.139. The lowest BCUT2D eigenvalue weighted by Crippen LogP contribution is -2.34. The highest BCUT2D eigenvalue weighted by atomic mass is 16.5. The first kappa shape index (κ1) is 7.06. The SMILES string of the molecule is N[C@@H](C(=O)O)C1[C@H]2COC[C@@H]12. The highest BCUT2D eigenvalue weighted by Gasteiger charge is 2.58. The molecule has 1 aliphatic heterocycles. The molecule has 2 aliphatic rings. The standard InChI is InChI=1S/C7H11NO3/c8-6(7(9)10)5-3-1-11-2-4(3)5/h3-6H,1-2,8H2,(H,9,10)/t3-,4+,5?,6-/m1/s1. The first-order chi connectivity index (χ1) is 5.22. The average Bonchev–Trinajstić information content (AvgIpc) is 2.41. The summed E-state index contributed by atoms with van der Waals surface area (Å²) >= 11 is 0. The van der Waals surface area contributed by atoms with Gasteiger partial charge in [-0.05, 0) is 17.8 Å². The van der Waals surface area contributed by atoms with Crippen LogP contribution in [0.4, 0.5) is 0 Å². The minimum atomic E-state index is -0.885. The van der Waals surface area contributed by atoms with Crippen LogP contribution in [0.3, 0.4) is 0 Å². The zero-order valence-electron chi connectivity index (χ0n) is 6.06. The number of rotatable bonds is 2. The highest BCUT2D eigenvalue weighted by Crippen LogP contribution is 2.52. The Morgan fingerprint density at radius 2 is 2.09 bits per heavy atom. The van der Waals surface area contributed by atoms with Crippen LogP contribution in [-0.2, 0) is 9.53 Å². The van der Waals surface area contributed by atoms with Crippen molar-refractivity contribution in [2.24, 2.45) is 23.5 Å². The monoisotopic (exact) mass is 157 g/mol. The number of carboxylic acids is 1. The molecule has 0 amide bonds. The van der Waals surface area contributed by atoms with Crippen molar-refractivity contribution in [3.63, 3.8) is 0 Å². The maximum Gasteiger partial charge on any atom is 0.320 e. The fourth-order valence-corrected chi connectivity index (χ4v) is 1.98. The van der Waals surface area contributed by atoms with Crippen LogP contribution < -0.4 is 5.73 Å². The summed E-state index contributed by atoms with van der Waals surface area (Å²) in [6.07, 6.45) is 0. The van der Waals surface area contributed by atoms with Gasteiger partial charge in [0.05, 0.1) is 13.2 Å². The molecule has 1 aliphatic carbocycles. The summed E-state index contributed by atoms with van der Waals surface area (Å²) < 4.78 is 5.12. The minimum Gasteiger partial charge on any atom is -0.480 e. The van der Waals surface area contributed by atoms with Crippen molar-refractivity contribution in [3.8, 4) is 0 Å². The molecular weight excluding hydrogens is 146 g/mol. The minimum absolute atomic E-state index is 0.182. The molecule has 1 saturated heterocycles. The summed E-state index contributed by atoms with van der Waals surface area (Å²) in [5, 5.41) is 8.58. The Labute approximate surface area is 64.3 Å². The quantitative estimate of drug-likeness (QED) is 0.555. The number of hydrogen-bond donors (Lipinski definition) is 2. The smallest absolute Gasteiger partial charge is 0.320 e. The maximum absolute atomic E-state index is 10.4. The van der Waals surface area contributed by atoms with Gasteiger partial charge in [0.2, 0.25) is 0 Å². The van der Waals surface area contributed by atoms with Crippen molar-refractivity contribution < 1.29 is 14.6 Å². The van der Waals surface area contributed by atoms with Crippen molar-refractivity contribution in [2.45, 2.75) is 6.04 Å². The summed E-state index contributed by atoms with van der Waals surface area (Å²) in [5.41, 5.74) is 5.46. The van der Waals surface area contributed by atoms with Crippen LogP contribution in [0.15, 0.2) is 0 Å². The fourth-order valence-electron chi connectivity index (χ4n) is 1.98. The van der Waals surface area contributed by atoms with E-state index in [2.05, 4.69) is 0 Å². The number of carboxylic acid groups (broad SMARTS) is 1. The second-order valence-corrected chi connectivity index (χ2v) is 3.31. The molecule has 4 atom stereocenters. The zero-order valence-corrected chi connectivity index (χ0v) is 6.06. The van der Waals surface area contributed by atoms with E-state index >= 15 is 0 Å². The molecule has 1 unspecified atom stereocenters. The summed E-state index contributed by atoms with van der Waals surface area (Å²) in [6, 6.07) is -0.672. The van der Waals surface area contributed by atoms with Crippen LogP contribution in [0.5, 0.6) is 0 Å². The molecule has 0 aromatic heterocycles. The van der Waals surface area contributed by atoms with Gasteiger partial charge in [0, 0.05) is 0 Å². The van der Waals surface area contributed by atoms with E-state index in [1.54, 1.807) is 0 Å². The molecule has 4 heteroatoms. The van der Waals surface area contributed by atoms with Crippen LogP contribution in [0.25, 0.3) is 0 Å². The van der Waals surface area contributed by atoms with E-state index in [0.717, 1.165) is 0 Å². The van der Waals surface area contributed by atoms with Gasteiger partial charge in [0.25, 0.3) is 0 Å². The first-order valence-corrected chi connectivity index (χ1v) is 3.78. The molecule has 3 N–H and O–H groups in total. The molecule has 0 aromatic carbocycles. The van der Waals surface area contributed by atoms with Gasteiger partial charge >= 0.3 is 5.97 Å². The van der Waals surface area contributed by atoms with E-state index in [4.69, 9.17) is 15.6 Å². The van der Waals surface area contributed by atoms with Crippen LogP contribution >= 0.6 is 0 Å². The number of carbonyl (C=O) groups is 1. The number of aliphatic carboxylic acids is 1. The number of nitrogens with two attached hydrogens (primary N) is 1. The topological polar surface area (TPSA) is 72.6 Å². The van der Waals surface area contributed by atoms with Crippen LogP contribution in [-0.4, -0.2) is 30.3 Å². The number of hydrogen-bond acceptors (Lipinski definition) is 3. The predicted octanol–water partition coefficient (Wildman–Crippen LogP) is -0.709. The fraction of sp³-hybridized carbons (Fsp3) is 0.857. The Morgan fingerprint density at radius 3 is 2.55 bits per heavy atom. The van der Waals surface area contributed by atoms with Crippen LogP contribution in [0.1, 0.15) is 0 Å². The van der Waals surface area contributed by atoms with Gasteiger partial charge in [-0.1, -0.05) is 0 Å². The molecule has 0 spiro atoms. The molecule has 62 valence electrons. The Hall–Kier alpha value is -0.610. The van der Waals surface area contributed by atoms with Gasteiger partial charge < -0.3 is 15.6 Å². The molecule has 11 heavy (non-hydrogen) atoms. The van der Waals surface area contributed by atoms with E-state index in [1.165, 1.54) is 0 Å². The molecule has 4 nitrogen and oxygen atoms in total. The zero-order chi connectivity index (χ0) is 8.01. The number of fused-ring (bicyclic) bond motifs is 1. The summed E-state index contributed by atoms with van der Waals surface area (Å²) in [4.78, 5) is 10.4. The lowest BCUT2D eigenvalue weighted by atomic mass is 10.1. The van der Waals surface area contributed by atoms with Crippen molar-refractivity contribution >= 4 is 5.97 Å². The molecule has 2 rings (SSSR count).